The lowest BCUT2D eigenvalue weighted by molar-refractivity contribution is -0.138. The summed E-state index contributed by atoms with van der Waals surface area (Å²) < 4.78 is 0. The molecule has 4 fully saturated rings. The highest BCUT2D eigenvalue weighted by atomic mass is 16.2. The molecule has 1 aromatic heterocycles. The zero-order valence-corrected chi connectivity index (χ0v) is 14.1. The number of carbonyl (C=O) groups is 2. The van der Waals surface area contributed by atoms with Crippen LogP contribution in [0.25, 0.3) is 0 Å². The van der Waals surface area contributed by atoms with Crippen molar-refractivity contribution in [2.45, 2.75) is 51.5 Å². The molecule has 5 nitrogen and oxygen atoms in total. The number of anilines is 1. The van der Waals surface area contributed by atoms with E-state index in [-0.39, 0.29) is 11.5 Å². The van der Waals surface area contributed by atoms with Gasteiger partial charge in [-0.15, -0.1) is 0 Å². The minimum atomic E-state index is -0.634. The molecule has 24 heavy (non-hydrogen) atoms. The summed E-state index contributed by atoms with van der Waals surface area (Å²) in [4.78, 5) is 28.4. The molecule has 1 aromatic rings. The average Bonchev–Trinajstić information content (AvgIpc) is 2.54. The molecule has 0 spiro atoms. The lowest BCUT2D eigenvalue weighted by Crippen LogP contribution is -2.57. The Morgan fingerprint density at radius 1 is 1.08 bits per heavy atom. The fourth-order valence-electron chi connectivity index (χ4n) is 5.73. The van der Waals surface area contributed by atoms with Gasteiger partial charge >= 0.3 is 11.8 Å². The summed E-state index contributed by atoms with van der Waals surface area (Å²) in [6.07, 6.45) is 9.35. The maximum absolute atomic E-state index is 12.3. The molecule has 5 heteroatoms. The topological polar surface area (TPSA) is 71.1 Å². The summed E-state index contributed by atoms with van der Waals surface area (Å²) in [5.41, 5.74) is 0.204. The molecule has 0 aromatic carbocycles. The molecule has 4 aliphatic carbocycles. The Morgan fingerprint density at radius 3 is 2.25 bits per heavy atom. The molecule has 2 amide bonds. The van der Waals surface area contributed by atoms with Gasteiger partial charge in [-0.25, -0.2) is 4.98 Å². The summed E-state index contributed by atoms with van der Waals surface area (Å²) >= 11 is 0. The predicted octanol–water partition coefficient (Wildman–Crippen LogP) is 2.74. The van der Waals surface area contributed by atoms with Crippen molar-refractivity contribution >= 4 is 17.6 Å². The van der Waals surface area contributed by atoms with E-state index < -0.39 is 11.8 Å². The van der Waals surface area contributed by atoms with E-state index in [0.717, 1.165) is 17.8 Å². The van der Waals surface area contributed by atoms with E-state index in [1.54, 1.807) is 24.4 Å². The van der Waals surface area contributed by atoms with Crippen molar-refractivity contribution in [1.82, 2.24) is 10.3 Å². The first kappa shape index (κ1) is 15.6. The number of aromatic nitrogens is 1. The van der Waals surface area contributed by atoms with Crippen LogP contribution in [0.5, 0.6) is 0 Å². The monoisotopic (exact) mass is 327 g/mol. The minimum absolute atomic E-state index is 0.0490. The van der Waals surface area contributed by atoms with Gasteiger partial charge in [0.05, 0.1) is 0 Å². The van der Waals surface area contributed by atoms with Crippen molar-refractivity contribution in [3.05, 3.63) is 24.4 Å². The number of hydrogen-bond donors (Lipinski definition) is 2. The smallest absolute Gasteiger partial charge is 0.314 e. The van der Waals surface area contributed by atoms with Crippen LogP contribution in [0.1, 0.15) is 45.4 Å². The molecule has 2 N–H and O–H groups in total. The predicted molar refractivity (Wildman–Crippen MR) is 91.1 cm³/mol. The Morgan fingerprint density at radius 2 is 1.71 bits per heavy atom. The number of hydrogen-bond acceptors (Lipinski definition) is 3. The van der Waals surface area contributed by atoms with Crippen LogP contribution >= 0.6 is 0 Å². The third-order valence-corrected chi connectivity index (χ3v) is 6.46. The van der Waals surface area contributed by atoms with Gasteiger partial charge in [0.25, 0.3) is 0 Å². The summed E-state index contributed by atoms with van der Waals surface area (Å²) in [5.74, 6) is 1.71. The third kappa shape index (κ3) is 2.80. The molecular formula is C19H25N3O2. The number of nitrogens with one attached hydrogen (secondary N) is 2. The van der Waals surface area contributed by atoms with Gasteiger partial charge in [0, 0.05) is 12.2 Å². The standard InChI is InChI=1S/C19H25N3O2/c1-12(19-9-13-6-14(10-19)8-15(7-13)11-19)21-17(23)18(24)22-16-4-2-3-5-20-16/h2-5,12-15H,6-11H2,1H3,(H,21,23)(H,20,22,24). The van der Waals surface area contributed by atoms with Gasteiger partial charge in [-0.1, -0.05) is 6.07 Å². The van der Waals surface area contributed by atoms with Crippen LogP contribution in [0.3, 0.4) is 0 Å². The SMILES string of the molecule is CC(NC(=O)C(=O)Nc1ccccn1)C12CC3CC(CC(C3)C1)C2. The Bertz CT molecular complexity index is 608. The molecule has 128 valence electrons. The number of pyridine rings is 1. The van der Waals surface area contributed by atoms with Crippen LogP contribution in [-0.4, -0.2) is 22.8 Å². The van der Waals surface area contributed by atoms with Gasteiger partial charge in [-0.05, 0) is 80.8 Å². The first-order chi connectivity index (χ1) is 11.5. The molecule has 4 bridgehead atoms. The Balaban J connectivity index is 1.39. The highest BCUT2D eigenvalue weighted by molar-refractivity contribution is 6.39. The van der Waals surface area contributed by atoms with Gasteiger partial charge in [-0.3, -0.25) is 9.59 Å². The zero-order chi connectivity index (χ0) is 16.7. The minimum Gasteiger partial charge on any atom is -0.345 e. The van der Waals surface area contributed by atoms with E-state index in [9.17, 15) is 9.59 Å². The van der Waals surface area contributed by atoms with Gasteiger partial charge in [0.2, 0.25) is 0 Å². The maximum Gasteiger partial charge on any atom is 0.314 e. The maximum atomic E-state index is 12.3. The average molecular weight is 327 g/mol. The van der Waals surface area contributed by atoms with E-state index >= 15 is 0 Å². The second-order valence-electron chi connectivity index (χ2n) is 8.14. The largest absolute Gasteiger partial charge is 0.345 e. The number of amides is 2. The van der Waals surface area contributed by atoms with Crippen molar-refractivity contribution in [1.29, 1.82) is 0 Å². The number of carbonyl (C=O) groups excluding carboxylic acids is 2. The summed E-state index contributed by atoms with van der Waals surface area (Å²) in [6, 6.07) is 5.27. The summed E-state index contributed by atoms with van der Waals surface area (Å²) in [6.45, 7) is 2.08. The van der Waals surface area contributed by atoms with Crippen LogP contribution in [0.2, 0.25) is 0 Å². The van der Waals surface area contributed by atoms with E-state index in [4.69, 9.17) is 0 Å². The first-order valence-electron chi connectivity index (χ1n) is 9.07. The van der Waals surface area contributed by atoms with Crippen molar-refractivity contribution < 1.29 is 9.59 Å². The number of rotatable bonds is 3. The molecule has 0 radical (unpaired) electrons. The Labute approximate surface area is 142 Å². The third-order valence-electron chi connectivity index (χ3n) is 6.46. The normalized spacial score (nSPS) is 34.6. The van der Waals surface area contributed by atoms with Crippen molar-refractivity contribution in [3.8, 4) is 0 Å². The summed E-state index contributed by atoms with van der Waals surface area (Å²) in [7, 11) is 0. The van der Waals surface area contributed by atoms with E-state index in [1.807, 2.05) is 0 Å². The molecule has 0 aliphatic heterocycles. The highest BCUT2D eigenvalue weighted by Gasteiger charge is 2.53. The molecule has 0 saturated heterocycles. The van der Waals surface area contributed by atoms with Crippen LogP contribution in [0.15, 0.2) is 24.4 Å². The zero-order valence-electron chi connectivity index (χ0n) is 14.1. The molecule has 4 aliphatic rings. The fourth-order valence-corrected chi connectivity index (χ4v) is 5.73. The van der Waals surface area contributed by atoms with Crippen molar-refractivity contribution in [2.24, 2.45) is 23.2 Å². The Hall–Kier alpha value is -1.91. The van der Waals surface area contributed by atoms with E-state index in [1.165, 1.54) is 38.5 Å². The van der Waals surface area contributed by atoms with E-state index in [0.29, 0.717) is 5.82 Å². The molecule has 1 atom stereocenters. The quantitative estimate of drug-likeness (QED) is 0.839. The second kappa shape index (κ2) is 5.87. The highest BCUT2D eigenvalue weighted by Crippen LogP contribution is 2.61. The molecule has 5 rings (SSSR count). The molecule has 4 saturated carbocycles. The lowest BCUT2D eigenvalue weighted by Gasteiger charge is -2.59. The number of nitrogens with zero attached hydrogens (tertiary/aromatic N) is 1. The molecule has 1 heterocycles. The van der Waals surface area contributed by atoms with E-state index in [2.05, 4.69) is 22.5 Å². The first-order valence-corrected chi connectivity index (χ1v) is 9.07. The Kier molecular flexibility index (Phi) is 3.82. The van der Waals surface area contributed by atoms with Gasteiger partial charge in [0.1, 0.15) is 5.82 Å². The fraction of sp³-hybridized carbons (Fsp3) is 0.632. The second-order valence-corrected chi connectivity index (χ2v) is 8.14. The van der Waals surface area contributed by atoms with Crippen molar-refractivity contribution in [2.75, 3.05) is 5.32 Å². The molecule has 1 unspecified atom stereocenters. The van der Waals surface area contributed by atoms with Crippen LogP contribution in [0, 0.1) is 23.2 Å². The van der Waals surface area contributed by atoms with Crippen LogP contribution in [-0.2, 0) is 9.59 Å². The molecular weight excluding hydrogens is 302 g/mol. The van der Waals surface area contributed by atoms with Gasteiger partial charge in [0.15, 0.2) is 0 Å². The van der Waals surface area contributed by atoms with Crippen LogP contribution < -0.4 is 10.6 Å². The van der Waals surface area contributed by atoms with Crippen LogP contribution in [0.4, 0.5) is 5.82 Å². The summed E-state index contributed by atoms with van der Waals surface area (Å²) in [5, 5.41) is 5.54. The van der Waals surface area contributed by atoms with Crippen molar-refractivity contribution in [3.63, 3.8) is 0 Å². The van der Waals surface area contributed by atoms with Gasteiger partial charge < -0.3 is 10.6 Å². The van der Waals surface area contributed by atoms with Gasteiger partial charge in [-0.2, -0.15) is 0 Å². The lowest BCUT2D eigenvalue weighted by atomic mass is 9.48.